The number of carbonyl (C=O) groups is 1. The van der Waals surface area contributed by atoms with Crippen molar-refractivity contribution in [1.29, 1.82) is 0 Å². The highest BCUT2D eigenvalue weighted by Crippen LogP contribution is 2.26. The second kappa shape index (κ2) is 9.04. The fourth-order valence-corrected chi connectivity index (χ4v) is 2.99. The Morgan fingerprint density at radius 1 is 0.926 bits per heavy atom. The van der Waals surface area contributed by atoms with E-state index in [4.69, 9.17) is 4.74 Å². The van der Waals surface area contributed by atoms with Crippen LogP contribution in [0.3, 0.4) is 0 Å². The Morgan fingerprint density at radius 3 is 2.22 bits per heavy atom. The summed E-state index contributed by atoms with van der Waals surface area (Å²) in [5, 5.41) is 3.51. The highest BCUT2D eigenvalue weighted by molar-refractivity contribution is 5.96. The van der Waals surface area contributed by atoms with Gasteiger partial charge in [-0.15, -0.1) is 0 Å². The monoisotopic (exact) mass is 359 g/mol. The zero-order valence-corrected chi connectivity index (χ0v) is 15.8. The van der Waals surface area contributed by atoms with Gasteiger partial charge in [0.15, 0.2) is 5.78 Å². The van der Waals surface area contributed by atoms with Gasteiger partial charge in [0.2, 0.25) is 0 Å². The van der Waals surface area contributed by atoms with Gasteiger partial charge in [0.1, 0.15) is 5.75 Å². The Morgan fingerprint density at radius 2 is 1.59 bits per heavy atom. The molecule has 3 aromatic carbocycles. The third-order valence-corrected chi connectivity index (χ3v) is 4.47. The lowest BCUT2D eigenvalue weighted by Crippen LogP contribution is -2.16. The Kier molecular flexibility index (Phi) is 6.26. The molecule has 3 nitrogen and oxygen atoms in total. The summed E-state index contributed by atoms with van der Waals surface area (Å²) in [6.45, 7) is 4.66. The van der Waals surface area contributed by atoms with Crippen LogP contribution in [0.5, 0.6) is 5.75 Å². The van der Waals surface area contributed by atoms with Gasteiger partial charge in [-0.05, 0) is 43.7 Å². The van der Waals surface area contributed by atoms with Crippen LogP contribution in [0.2, 0.25) is 0 Å². The Hall–Kier alpha value is -3.07. The fourth-order valence-electron chi connectivity index (χ4n) is 2.99. The molecule has 0 saturated heterocycles. The van der Waals surface area contributed by atoms with Crippen LogP contribution in [-0.4, -0.2) is 12.4 Å². The molecule has 0 spiro atoms. The van der Waals surface area contributed by atoms with Gasteiger partial charge in [-0.25, -0.2) is 0 Å². The van der Waals surface area contributed by atoms with Gasteiger partial charge >= 0.3 is 0 Å². The van der Waals surface area contributed by atoms with Crippen LogP contribution in [0.4, 0.5) is 5.69 Å². The van der Waals surface area contributed by atoms with Crippen LogP contribution in [0.15, 0.2) is 78.9 Å². The third kappa shape index (κ3) is 5.20. The highest BCUT2D eigenvalue weighted by Gasteiger charge is 2.17. The van der Waals surface area contributed by atoms with E-state index in [2.05, 4.69) is 24.4 Å². The quantitative estimate of drug-likeness (QED) is 0.515. The van der Waals surface area contributed by atoms with Crippen LogP contribution in [0.1, 0.15) is 40.9 Å². The number of hydrogen-bond acceptors (Lipinski definition) is 3. The second-order valence-electron chi connectivity index (χ2n) is 6.56. The molecule has 3 heteroatoms. The molecular weight excluding hydrogens is 334 g/mol. The zero-order chi connectivity index (χ0) is 19.1. The van der Waals surface area contributed by atoms with Crippen LogP contribution >= 0.6 is 0 Å². The van der Waals surface area contributed by atoms with E-state index in [1.165, 1.54) is 5.56 Å². The number of rotatable bonds is 8. The topological polar surface area (TPSA) is 38.3 Å². The van der Waals surface area contributed by atoms with Crippen molar-refractivity contribution in [2.75, 3.05) is 11.9 Å². The lowest BCUT2D eigenvalue weighted by atomic mass is 9.97. The van der Waals surface area contributed by atoms with Gasteiger partial charge < -0.3 is 10.1 Å². The van der Waals surface area contributed by atoms with E-state index >= 15 is 0 Å². The van der Waals surface area contributed by atoms with Gasteiger partial charge in [0.05, 0.1) is 12.6 Å². The van der Waals surface area contributed by atoms with Crippen LogP contribution in [-0.2, 0) is 0 Å². The van der Waals surface area contributed by atoms with Gasteiger partial charge in [-0.2, -0.15) is 0 Å². The molecular formula is C24H25NO2. The molecule has 0 radical (unpaired) electrons. The summed E-state index contributed by atoms with van der Waals surface area (Å²) < 4.78 is 5.54. The molecule has 0 saturated carbocycles. The first-order chi connectivity index (χ1) is 13.2. The number of Topliss-reactive ketones (excluding diaryl/α,β-unsaturated/α-hetero) is 1. The maximum Gasteiger partial charge on any atom is 0.165 e. The molecule has 0 fully saturated rings. The minimum atomic E-state index is -0.115. The van der Waals surface area contributed by atoms with Crippen molar-refractivity contribution in [3.8, 4) is 5.75 Å². The lowest BCUT2D eigenvalue weighted by molar-refractivity contribution is 0.0976. The van der Waals surface area contributed by atoms with Gasteiger partial charge in [0.25, 0.3) is 0 Å². The maximum absolute atomic E-state index is 12.8. The van der Waals surface area contributed by atoms with Crippen LogP contribution < -0.4 is 10.1 Å². The van der Waals surface area contributed by atoms with Crippen molar-refractivity contribution in [2.45, 2.75) is 26.3 Å². The minimum Gasteiger partial charge on any atom is -0.494 e. The number of nitrogens with one attached hydrogen (secondary N) is 1. The van der Waals surface area contributed by atoms with Crippen molar-refractivity contribution in [1.82, 2.24) is 0 Å². The van der Waals surface area contributed by atoms with Gasteiger partial charge in [0, 0.05) is 17.7 Å². The predicted octanol–water partition coefficient (Wildman–Crippen LogP) is 5.82. The summed E-state index contributed by atoms with van der Waals surface area (Å²) in [4.78, 5) is 12.8. The summed E-state index contributed by atoms with van der Waals surface area (Å²) in [7, 11) is 0. The number of anilines is 1. The summed E-state index contributed by atoms with van der Waals surface area (Å²) >= 11 is 0. The Labute approximate surface area is 161 Å². The summed E-state index contributed by atoms with van der Waals surface area (Å²) in [6.07, 6.45) is 0.381. The standard InChI is InChI=1S/C24H25NO2/c1-3-27-22-15-11-19(12-16-22)23(25-21-13-9-18(2)10-14-21)17-24(26)20-7-5-4-6-8-20/h4-16,23,25H,3,17H2,1-2H3. The van der Waals surface area contributed by atoms with Crippen molar-refractivity contribution < 1.29 is 9.53 Å². The number of ketones is 1. The first-order valence-electron chi connectivity index (χ1n) is 9.30. The molecule has 0 bridgehead atoms. The Balaban J connectivity index is 1.83. The predicted molar refractivity (Wildman–Crippen MR) is 111 cm³/mol. The molecule has 0 aliphatic carbocycles. The maximum atomic E-state index is 12.8. The van der Waals surface area contributed by atoms with E-state index in [-0.39, 0.29) is 11.8 Å². The number of aryl methyl sites for hydroxylation is 1. The highest BCUT2D eigenvalue weighted by atomic mass is 16.5. The SMILES string of the molecule is CCOc1ccc(C(CC(=O)c2ccccc2)Nc2ccc(C)cc2)cc1. The molecule has 0 aromatic heterocycles. The summed E-state index contributed by atoms with van der Waals surface area (Å²) in [5.74, 6) is 0.957. The largest absolute Gasteiger partial charge is 0.494 e. The number of hydrogen-bond donors (Lipinski definition) is 1. The molecule has 1 N–H and O–H groups in total. The molecule has 0 aliphatic rings. The summed E-state index contributed by atoms with van der Waals surface area (Å²) in [6, 6.07) is 25.5. The molecule has 3 aromatic rings. The molecule has 27 heavy (non-hydrogen) atoms. The average Bonchev–Trinajstić information content (AvgIpc) is 2.70. The summed E-state index contributed by atoms with van der Waals surface area (Å²) in [5.41, 5.74) is 4.00. The number of ether oxygens (including phenoxy) is 1. The van der Waals surface area contributed by atoms with Crippen molar-refractivity contribution in [3.63, 3.8) is 0 Å². The molecule has 1 unspecified atom stereocenters. The zero-order valence-electron chi connectivity index (χ0n) is 15.8. The second-order valence-corrected chi connectivity index (χ2v) is 6.56. The smallest absolute Gasteiger partial charge is 0.165 e. The van der Waals surface area contributed by atoms with Gasteiger partial charge in [-0.1, -0.05) is 60.2 Å². The number of benzene rings is 3. The van der Waals surface area contributed by atoms with E-state index < -0.39 is 0 Å². The van der Waals surface area contributed by atoms with E-state index in [0.717, 1.165) is 22.6 Å². The van der Waals surface area contributed by atoms with Crippen LogP contribution in [0.25, 0.3) is 0 Å². The van der Waals surface area contributed by atoms with E-state index in [1.807, 2.05) is 73.7 Å². The lowest BCUT2D eigenvalue weighted by Gasteiger charge is -2.20. The normalized spacial score (nSPS) is 11.6. The van der Waals surface area contributed by atoms with E-state index in [1.54, 1.807) is 0 Å². The first kappa shape index (κ1) is 18.7. The van der Waals surface area contributed by atoms with Crippen LogP contribution in [0, 0.1) is 6.92 Å². The molecule has 138 valence electrons. The van der Waals surface area contributed by atoms with Gasteiger partial charge in [-0.3, -0.25) is 4.79 Å². The molecule has 3 rings (SSSR count). The van der Waals surface area contributed by atoms with E-state index in [9.17, 15) is 4.79 Å². The van der Waals surface area contributed by atoms with E-state index in [0.29, 0.717) is 13.0 Å². The molecule has 0 amide bonds. The Bertz CT molecular complexity index is 855. The van der Waals surface area contributed by atoms with Crippen molar-refractivity contribution in [2.24, 2.45) is 0 Å². The van der Waals surface area contributed by atoms with Crippen molar-refractivity contribution >= 4 is 11.5 Å². The molecule has 1 atom stereocenters. The third-order valence-electron chi connectivity index (χ3n) is 4.47. The number of carbonyl (C=O) groups excluding carboxylic acids is 1. The average molecular weight is 359 g/mol. The minimum absolute atomic E-state index is 0.115. The first-order valence-corrected chi connectivity index (χ1v) is 9.30. The molecule has 0 heterocycles. The van der Waals surface area contributed by atoms with Crippen molar-refractivity contribution in [3.05, 3.63) is 95.6 Å². The fraction of sp³-hybridized carbons (Fsp3) is 0.208. The molecule has 0 aliphatic heterocycles.